The first-order valence-corrected chi connectivity index (χ1v) is 12.7. The van der Waals surface area contributed by atoms with E-state index in [-0.39, 0.29) is 25.2 Å². The van der Waals surface area contributed by atoms with Crippen molar-refractivity contribution in [2.75, 3.05) is 33.4 Å². The van der Waals surface area contributed by atoms with Crippen LogP contribution in [0.3, 0.4) is 0 Å². The molecule has 11 heteroatoms. The molecule has 1 saturated heterocycles. The van der Waals surface area contributed by atoms with E-state index in [1.54, 1.807) is 36.8 Å². The van der Waals surface area contributed by atoms with Crippen LogP contribution in [-0.4, -0.2) is 54.3 Å². The number of alkyl halides is 1. The van der Waals surface area contributed by atoms with Crippen molar-refractivity contribution in [2.45, 2.75) is 38.8 Å². The molecular formula is C28H31F4N3O4. The summed E-state index contributed by atoms with van der Waals surface area (Å²) in [6, 6.07) is 6.85. The summed E-state index contributed by atoms with van der Waals surface area (Å²) in [6.45, 7) is 3.21. The average Bonchev–Trinajstić information content (AvgIpc) is 2.94. The summed E-state index contributed by atoms with van der Waals surface area (Å²) in [6.07, 6.45) is 1.28. The quantitative estimate of drug-likeness (QED) is 0.152. The van der Waals surface area contributed by atoms with Gasteiger partial charge in [0.05, 0.1) is 18.0 Å². The maximum atomic E-state index is 15.8. The van der Waals surface area contributed by atoms with Gasteiger partial charge in [0.15, 0.2) is 17.5 Å². The van der Waals surface area contributed by atoms with E-state index in [0.717, 1.165) is 12.1 Å². The average molecular weight is 550 g/mol. The van der Waals surface area contributed by atoms with E-state index in [1.807, 2.05) is 4.90 Å². The van der Waals surface area contributed by atoms with Gasteiger partial charge in [0.1, 0.15) is 24.3 Å². The first-order valence-electron chi connectivity index (χ1n) is 12.7. The molecule has 2 N–H and O–H groups in total. The summed E-state index contributed by atoms with van der Waals surface area (Å²) in [5.74, 6) is -4.31. The largest absolute Gasteiger partial charge is 0.497 e. The molecule has 3 aromatic rings. The maximum Gasteiger partial charge on any atom is 0.249 e. The van der Waals surface area contributed by atoms with E-state index in [9.17, 15) is 23.2 Å². The number of methoxy groups -OCH3 is 1. The van der Waals surface area contributed by atoms with Gasteiger partial charge >= 0.3 is 0 Å². The first-order chi connectivity index (χ1) is 18.7. The number of hydrogen-bond acceptors (Lipinski definition) is 6. The molecule has 0 aliphatic carbocycles. The molecule has 0 radical (unpaired) electrons. The van der Waals surface area contributed by atoms with E-state index in [2.05, 4.69) is 4.98 Å². The number of benzene rings is 2. The van der Waals surface area contributed by atoms with Gasteiger partial charge < -0.3 is 9.47 Å². The summed E-state index contributed by atoms with van der Waals surface area (Å²) >= 11 is 0. The number of nitrogens with one attached hydrogen (secondary N) is 1. The lowest BCUT2D eigenvalue weighted by molar-refractivity contribution is -0.143. The summed E-state index contributed by atoms with van der Waals surface area (Å²) in [5, 5.41) is 10.1. The summed E-state index contributed by atoms with van der Waals surface area (Å²) in [4.78, 5) is 19.1. The molecule has 2 aromatic carbocycles. The molecule has 4 rings (SSSR count). The van der Waals surface area contributed by atoms with Gasteiger partial charge in [0, 0.05) is 30.3 Å². The van der Waals surface area contributed by atoms with E-state index >= 15 is 4.39 Å². The smallest absolute Gasteiger partial charge is 0.249 e. The normalized spacial score (nSPS) is 16.2. The Morgan fingerprint density at radius 3 is 2.49 bits per heavy atom. The number of nitrogens with zero attached hydrogens (tertiary/aromatic N) is 2. The van der Waals surface area contributed by atoms with Crippen LogP contribution in [0.1, 0.15) is 43.0 Å². The molecule has 1 fully saturated rings. The predicted molar refractivity (Wildman–Crippen MR) is 136 cm³/mol. The van der Waals surface area contributed by atoms with Gasteiger partial charge in [0.2, 0.25) is 5.91 Å². The fourth-order valence-electron chi connectivity index (χ4n) is 5.20. The second kappa shape index (κ2) is 12.2. The number of hydrogen-bond donors (Lipinski definition) is 2. The number of amides is 1. The second-order valence-electron chi connectivity index (χ2n) is 9.86. The number of rotatable bonds is 10. The van der Waals surface area contributed by atoms with Crippen molar-refractivity contribution in [2.24, 2.45) is 5.41 Å². The number of aromatic nitrogens is 1. The monoisotopic (exact) mass is 549 g/mol. The number of halogens is 4. The Labute approximate surface area is 223 Å². The van der Waals surface area contributed by atoms with Gasteiger partial charge in [-0.15, -0.1) is 0 Å². The predicted octanol–water partition coefficient (Wildman–Crippen LogP) is 5.43. The number of carbonyl (C=O) groups is 1. The fraction of sp³-hybridized carbons (Fsp3) is 0.429. The fourth-order valence-corrected chi connectivity index (χ4v) is 5.20. The molecule has 1 aromatic heterocycles. The van der Waals surface area contributed by atoms with E-state index < -0.39 is 34.9 Å². The standard InChI is InChI=1S/C28H31F4N3O4/c1-17-16-33-24-4-3-18(38-2)13-20(24)25(17)21(29)5-6-28(27(36)34-37)7-9-35(10-8-28)11-12-39-19-14-22(30)26(32)23(31)15-19/h3-4,13-16,21,37H,5-12H2,1-2H3,(H,34,36). The third-order valence-electron chi connectivity index (χ3n) is 7.54. The van der Waals surface area contributed by atoms with Crippen molar-refractivity contribution in [1.29, 1.82) is 0 Å². The topological polar surface area (TPSA) is 83.9 Å². The molecule has 210 valence electrons. The van der Waals surface area contributed by atoms with Crippen LogP contribution in [0.5, 0.6) is 11.5 Å². The molecule has 1 aliphatic rings. The molecule has 1 aliphatic heterocycles. The van der Waals surface area contributed by atoms with Crippen molar-refractivity contribution >= 4 is 16.8 Å². The van der Waals surface area contributed by atoms with Crippen LogP contribution in [0.2, 0.25) is 0 Å². The third-order valence-corrected chi connectivity index (χ3v) is 7.54. The van der Waals surface area contributed by atoms with Crippen LogP contribution in [0.25, 0.3) is 10.9 Å². The van der Waals surface area contributed by atoms with Gasteiger partial charge in [-0.3, -0.25) is 19.9 Å². The number of aryl methyl sites for hydroxylation is 1. The highest BCUT2D eigenvalue weighted by Gasteiger charge is 2.41. The zero-order chi connectivity index (χ0) is 28.2. The Morgan fingerprint density at radius 1 is 1.15 bits per heavy atom. The molecule has 0 bridgehead atoms. The highest BCUT2D eigenvalue weighted by atomic mass is 19.2. The minimum Gasteiger partial charge on any atom is -0.497 e. The Balaban J connectivity index is 1.39. The summed E-state index contributed by atoms with van der Waals surface area (Å²) in [7, 11) is 1.54. The second-order valence-corrected chi connectivity index (χ2v) is 9.86. The highest BCUT2D eigenvalue weighted by Crippen LogP contribution is 2.41. The molecular weight excluding hydrogens is 518 g/mol. The van der Waals surface area contributed by atoms with E-state index in [1.165, 1.54) is 7.11 Å². The van der Waals surface area contributed by atoms with Crippen molar-refractivity contribution in [3.63, 3.8) is 0 Å². The minimum atomic E-state index is -1.56. The third kappa shape index (κ3) is 6.25. The SMILES string of the molecule is COc1ccc2ncc(C)c(C(F)CCC3(C(=O)NO)CCN(CCOc4cc(F)c(F)c(F)c4)CC3)c2c1. The first kappa shape index (κ1) is 28.6. The van der Waals surface area contributed by atoms with Crippen molar-refractivity contribution in [1.82, 2.24) is 15.4 Å². The Kier molecular flexibility index (Phi) is 8.91. The lowest BCUT2D eigenvalue weighted by Gasteiger charge is -2.40. The van der Waals surface area contributed by atoms with Crippen molar-refractivity contribution in [3.8, 4) is 11.5 Å². The zero-order valence-electron chi connectivity index (χ0n) is 21.8. The highest BCUT2D eigenvalue weighted by molar-refractivity contribution is 5.85. The molecule has 0 saturated carbocycles. The molecule has 1 atom stereocenters. The molecule has 7 nitrogen and oxygen atoms in total. The number of pyridine rings is 1. The molecule has 1 unspecified atom stereocenters. The molecule has 0 spiro atoms. The number of hydroxylamine groups is 1. The van der Waals surface area contributed by atoms with Crippen LogP contribution in [0, 0.1) is 29.8 Å². The minimum absolute atomic E-state index is 0.0649. The summed E-state index contributed by atoms with van der Waals surface area (Å²) in [5.41, 5.74) is 2.63. The van der Waals surface area contributed by atoms with Crippen LogP contribution in [0.4, 0.5) is 17.6 Å². The van der Waals surface area contributed by atoms with Gasteiger partial charge in [-0.1, -0.05) is 0 Å². The molecule has 1 amide bonds. The zero-order valence-corrected chi connectivity index (χ0v) is 21.8. The number of fused-ring (bicyclic) bond motifs is 1. The van der Waals surface area contributed by atoms with Gasteiger partial charge in [0.25, 0.3) is 0 Å². The van der Waals surface area contributed by atoms with Gasteiger partial charge in [-0.25, -0.2) is 23.0 Å². The van der Waals surface area contributed by atoms with Crippen LogP contribution in [-0.2, 0) is 4.79 Å². The lowest BCUT2D eigenvalue weighted by Crippen LogP contribution is -2.49. The molecule has 2 heterocycles. The lowest BCUT2D eigenvalue weighted by atomic mass is 9.73. The number of piperidine rings is 1. The van der Waals surface area contributed by atoms with Gasteiger partial charge in [-0.05, 0) is 75.0 Å². The van der Waals surface area contributed by atoms with E-state index in [4.69, 9.17) is 9.47 Å². The van der Waals surface area contributed by atoms with Crippen molar-refractivity contribution < 1.29 is 37.0 Å². The van der Waals surface area contributed by atoms with Crippen LogP contribution in [0.15, 0.2) is 36.5 Å². The van der Waals surface area contributed by atoms with E-state index in [0.29, 0.717) is 60.3 Å². The Hall–Kier alpha value is -3.44. The van der Waals surface area contributed by atoms with Gasteiger partial charge in [-0.2, -0.15) is 0 Å². The summed E-state index contributed by atoms with van der Waals surface area (Å²) < 4.78 is 66.3. The number of carbonyl (C=O) groups excluding carboxylic acids is 1. The van der Waals surface area contributed by atoms with Crippen LogP contribution >= 0.6 is 0 Å². The van der Waals surface area contributed by atoms with Crippen molar-refractivity contribution in [3.05, 3.63) is 65.1 Å². The molecule has 39 heavy (non-hydrogen) atoms. The number of likely N-dealkylation sites (tertiary alicyclic amines) is 1. The Bertz CT molecular complexity index is 1310. The Morgan fingerprint density at radius 2 is 1.85 bits per heavy atom. The van der Waals surface area contributed by atoms with Crippen LogP contribution < -0.4 is 15.0 Å². The maximum absolute atomic E-state index is 15.8. The number of ether oxygens (including phenoxy) is 2.